The van der Waals surface area contributed by atoms with E-state index in [2.05, 4.69) is 30.3 Å². The van der Waals surface area contributed by atoms with E-state index < -0.39 is 37.9 Å². The minimum absolute atomic E-state index is 0.0255. The molecule has 0 radical (unpaired) electrons. The zero-order chi connectivity index (χ0) is 19.0. The van der Waals surface area contributed by atoms with Gasteiger partial charge in [-0.25, -0.2) is 14.4 Å². The van der Waals surface area contributed by atoms with Gasteiger partial charge in [-0.3, -0.25) is 0 Å². The van der Waals surface area contributed by atoms with Crippen LogP contribution in [0.25, 0.3) is 0 Å². The molecule has 0 fully saturated rings. The summed E-state index contributed by atoms with van der Waals surface area (Å²) in [5.41, 5.74) is -0.717. The third kappa shape index (κ3) is 12.7. The lowest BCUT2D eigenvalue weighted by atomic mass is 10.2. The van der Waals surface area contributed by atoms with Crippen molar-refractivity contribution in [1.82, 2.24) is 10.6 Å². The number of carbonyl (C=O) groups excluding carboxylic acids is 2. The summed E-state index contributed by atoms with van der Waals surface area (Å²) in [6, 6.07) is -0.291. The van der Waals surface area contributed by atoms with Gasteiger partial charge in [0, 0.05) is 14.6 Å². The molecule has 0 aromatic carbocycles. The molecule has 1 atom stereocenters. The first-order valence-corrected chi connectivity index (χ1v) is 11.6. The van der Waals surface area contributed by atoms with Crippen LogP contribution in [0.3, 0.4) is 0 Å². The molecule has 140 valence electrons. The van der Waals surface area contributed by atoms with Crippen molar-refractivity contribution in [3.63, 3.8) is 0 Å². The zero-order valence-electron chi connectivity index (χ0n) is 15.4. The molecule has 0 aliphatic rings. The van der Waals surface area contributed by atoms with Gasteiger partial charge in [-0.15, -0.1) is 0 Å². The number of carbonyl (C=O) groups is 3. The Bertz CT molecular complexity index is 442. The summed E-state index contributed by atoms with van der Waals surface area (Å²) >= 11 is 0. The van der Waals surface area contributed by atoms with Crippen LogP contribution in [-0.2, 0) is 14.3 Å². The molecule has 9 heteroatoms. The zero-order valence-corrected chi connectivity index (χ0v) is 16.4. The third-order valence-corrected chi connectivity index (χ3v) is 4.48. The molecule has 0 aromatic rings. The van der Waals surface area contributed by atoms with Crippen molar-refractivity contribution in [2.45, 2.75) is 64.5 Å². The molecule has 0 aliphatic carbocycles. The number of carboxylic acid groups (broad SMARTS) is 1. The third-order valence-electron chi connectivity index (χ3n) is 2.78. The van der Waals surface area contributed by atoms with Gasteiger partial charge in [0.1, 0.15) is 11.6 Å². The van der Waals surface area contributed by atoms with Crippen molar-refractivity contribution in [2.24, 2.45) is 0 Å². The van der Waals surface area contributed by atoms with Gasteiger partial charge in [0.05, 0.1) is 6.61 Å². The van der Waals surface area contributed by atoms with E-state index in [1.807, 2.05) is 0 Å². The molecular formula is C15H30N2O6Si. The standard InChI is InChI=1S/C15H30N2O6Si/c1-15(2,3)23-14(21)17-11(12(18)19)7-8-16-13(20)22-9-10-24(4,5)6/h11H,7-10H2,1-6H3,(H,16,20)(H,17,21)(H,18,19)/t11-/m0/s1. The number of hydrogen-bond acceptors (Lipinski definition) is 5. The number of carboxylic acids is 1. The fraction of sp³-hybridized carbons (Fsp3) is 0.800. The predicted molar refractivity (Wildman–Crippen MR) is 92.9 cm³/mol. The highest BCUT2D eigenvalue weighted by Crippen LogP contribution is 2.08. The van der Waals surface area contributed by atoms with Crippen LogP contribution in [0.2, 0.25) is 25.7 Å². The molecule has 8 nitrogen and oxygen atoms in total. The lowest BCUT2D eigenvalue weighted by Gasteiger charge is -2.22. The van der Waals surface area contributed by atoms with E-state index in [4.69, 9.17) is 14.6 Å². The number of ether oxygens (including phenoxy) is 2. The second kappa shape index (κ2) is 9.51. The van der Waals surface area contributed by atoms with E-state index >= 15 is 0 Å². The molecule has 0 spiro atoms. The minimum atomic E-state index is -1.27. The Morgan fingerprint density at radius 3 is 2.17 bits per heavy atom. The van der Waals surface area contributed by atoms with E-state index in [1.165, 1.54) is 0 Å². The maximum absolute atomic E-state index is 11.6. The van der Waals surface area contributed by atoms with E-state index in [-0.39, 0.29) is 13.0 Å². The molecule has 0 bridgehead atoms. The maximum Gasteiger partial charge on any atom is 0.408 e. The van der Waals surface area contributed by atoms with Gasteiger partial charge in [0.2, 0.25) is 0 Å². The van der Waals surface area contributed by atoms with E-state index in [1.54, 1.807) is 20.8 Å². The topological polar surface area (TPSA) is 114 Å². The van der Waals surface area contributed by atoms with E-state index in [9.17, 15) is 14.4 Å². The highest BCUT2D eigenvalue weighted by atomic mass is 28.3. The SMILES string of the molecule is CC(C)(C)OC(=O)N[C@@H](CCNC(=O)OCC[Si](C)(C)C)C(=O)O. The van der Waals surface area contributed by atoms with Crippen LogP contribution in [0.5, 0.6) is 0 Å². The largest absolute Gasteiger partial charge is 0.480 e. The van der Waals surface area contributed by atoms with Gasteiger partial charge in [0.25, 0.3) is 0 Å². The molecule has 0 heterocycles. The van der Waals surface area contributed by atoms with Crippen molar-refractivity contribution < 1.29 is 29.0 Å². The molecule has 0 saturated heterocycles. The first-order chi connectivity index (χ1) is 10.8. The summed E-state index contributed by atoms with van der Waals surface area (Å²) in [6.45, 7) is 12.0. The fourth-order valence-electron chi connectivity index (χ4n) is 1.53. The minimum Gasteiger partial charge on any atom is -0.480 e. The quantitative estimate of drug-likeness (QED) is 0.571. The normalized spacial score (nSPS) is 12.9. The van der Waals surface area contributed by atoms with Crippen molar-refractivity contribution in [2.75, 3.05) is 13.2 Å². The summed E-state index contributed by atoms with van der Waals surface area (Å²) in [7, 11) is -1.27. The van der Waals surface area contributed by atoms with Crippen LogP contribution in [0.4, 0.5) is 9.59 Å². The molecule has 0 aliphatic heterocycles. The second-order valence-corrected chi connectivity index (χ2v) is 13.3. The van der Waals surface area contributed by atoms with Gasteiger partial charge in [-0.05, 0) is 33.2 Å². The highest BCUT2D eigenvalue weighted by Gasteiger charge is 2.24. The Morgan fingerprint density at radius 2 is 1.71 bits per heavy atom. The molecule has 0 aromatic heterocycles. The Kier molecular flexibility index (Phi) is 8.80. The van der Waals surface area contributed by atoms with Crippen molar-refractivity contribution in [3.8, 4) is 0 Å². The molecule has 0 rings (SSSR count). The molecule has 0 saturated carbocycles. The summed E-state index contributed by atoms with van der Waals surface area (Å²) in [5, 5.41) is 13.8. The number of alkyl carbamates (subject to hydrolysis) is 2. The lowest BCUT2D eigenvalue weighted by molar-refractivity contribution is -0.139. The number of aliphatic carboxylic acids is 1. The Hall–Kier alpha value is -1.77. The maximum atomic E-state index is 11.6. The van der Waals surface area contributed by atoms with Crippen LogP contribution in [-0.4, -0.2) is 56.1 Å². The van der Waals surface area contributed by atoms with Gasteiger partial charge in [-0.1, -0.05) is 19.6 Å². The van der Waals surface area contributed by atoms with Crippen LogP contribution in [0, 0.1) is 0 Å². The monoisotopic (exact) mass is 362 g/mol. The molecule has 3 N–H and O–H groups in total. The predicted octanol–water partition coefficient (Wildman–Crippen LogP) is 2.42. The number of hydrogen-bond donors (Lipinski definition) is 3. The van der Waals surface area contributed by atoms with Crippen molar-refractivity contribution in [1.29, 1.82) is 0 Å². The smallest absolute Gasteiger partial charge is 0.408 e. The van der Waals surface area contributed by atoms with Crippen LogP contribution in [0.1, 0.15) is 27.2 Å². The number of nitrogens with one attached hydrogen (secondary N) is 2. The highest BCUT2D eigenvalue weighted by molar-refractivity contribution is 6.76. The van der Waals surface area contributed by atoms with Gasteiger partial charge < -0.3 is 25.2 Å². The van der Waals surface area contributed by atoms with Crippen LogP contribution >= 0.6 is 0 Å². The van der Waals surface area contributed by atoms with Crippen molar-refractivity contribution in [3.05, 3.63) is 0 Å². The summed E-state index contributed by atoms with van der Waals surface area (Å²) in [5.74, 6) is -1.20. The number of rotatable bonds is 8. The molecule has 2 amide bonds. The first-order valence-electron chi connectivity index (χ1n) is 7.93. The summed E-state index contributed by atoms with van der Waals surface area (Å²) < 4.78 is 10.0. The lowest BCUT2D eigenvalue weighted by Crippen LogP contribution is -2.45. The molecule has 0 unspecified atom stereocenters. The summed E-state index contributed by atoms with van der Waals surface area (Å²) in [4.78, 5) is 34.3. The first kappa shape index (κ1) is 22.2. The average Bonchev–Trinajstić information content (AvgIpc) is 2.33. The second-order valence-electron chi connectivity index (χ2n) is 7.70. The van der Waals surface area contributed by atoms with Crippen LogP contribution < -0.4 is 10.6 Å². The molecular weight excluding hydrogens is 332 g/mol. The van der Waals surface area contributed by atoms with Crippen LogP contribution in [0.15, 0.2) is 0 Å². The van der Waals surface area contributed by atoms with Gasteiger partial charge in [-0.2, -0.15) is 0 Å². The Labute approximate surface area is 144 Å². The average molecular weight is 362 g/mol. The van der Waals surface area contributed by atoms with E-state index in [0.29, 0.717) is 6.61 Å². The van der Waals surface area contributed by atoms with Crippen molar-refractivity contribution >= 4 is 26.2 Å². The fourth-order valence-corrected chi connectivity index (χ4v) is 2.24. The molecule has 24 heavy (non-hydrogen) atoms. The van der Waals surface area contributed by atoms with E-state index in [0.717, 1.165) is 6.04 Å². The van der Waals surface area contributed by atoms with Gasteiger partial charge >= 0.3 is 18.2 Å². The Morgan fingerprint density at radius 1 is 1.12 bits per heavy atom. The summed E-state index contributed by atoms with van der Waals surface area (Å²) in [6.07, 6.45) is -1.38. The number of amides is 2. The van der Waals surface area contributed by atoms with Gasteiger partial charge in [0.15, 0.2) is 0 Å². The Balaban J connectivity index is 4.16.